The van der Waals surface area contributed by atoms with Crippen LogP contribution in [0.4, 0.5) is 41.6 Å². The second-order valence-electron chi connectivity index (χ2n) is 11.1. The third-order valence-corrected chi connectivity index (χ3v) is 8.85. The standard InChI is InChI=1S/C21H32ClFN6O2S2.2C2HF3O2/c1-21(2,5-6-24)10-14(17(25)7-13-3-4-13)11-26-18-9-16(23)19(8-15(18)22)33(30,31)29-20-27-12-28-32-20;2*3-2(4,5)1(6)7/h8-9,12-14,17,26H,3-7,10-11,24-25H2,1-2H3,(H,27,28,29);2*(H,6,7)/t14-,17+;;/m0../s1. The summed E-state index contributed by atoms with van der Waals surface area (Å²) in [6, 6.07) is 2.20. The second kappa shape index (κ2) is 17.4. The van der Waals surface area contributed by atoms with E-state index in [1.807, 2.05) is 0 Å². The number of hydrogen-bond acceptors (Lipinski definition) is 10. The predicted molar refractivity (Wildman–Crippen MR) is 159 cm³/mol. The molecule has 1 heterocycles. The molecule has 2 atom stereocenters. The van der Waals surface area contributed by atoms with Crippen LogP contribution < -0.4 is 21.5 Å². The van der Waals surface area contributed by atoms with Crippen LogP contribution in [0.3, 0.4) is 0 Å². The minimum atomic E-state index is -5.08. The number of anilines is 2. The summed E-state index contributed by atoms with van der Waals surface area (Å²) in [5.41, 5.74) is 12.7. The van der Waals surface area contributed by atoms with Crippen molar-refractivity contribution in [2.45, 2.75) is 69.2 Å². The molecule has 0 aliphatic heterocycles. The van der Waals surface area contributed by atoms with E-state index in [9.17, 15) is 39.2 Å². The van der Waals surface area contributed by atoms with Crippen LogP contribution in [-0.2, 0) is 19.6 Å². The Kier molecular flexibility index (Phi) is 15.6. The van der Waals surface area contributed by atoms with Crippen LogP contribution in [0.1, 0.15) is 46.0 Å². The van der Waals surface area contributed by atoms with Crippen LogP contribution in [0.25, 0.3) is 0 Å². The van der Waals surface area contributed by atoms with Gasteiger partial charge in [-0.15, -0.1) is 0 Å². The van der Waals surface area contributed by atoms with E-state index in [1.165, 1.54) is 19.2 Å². The molecule has 2 aromatic rings. The van der Waals surface area contributed by atoms with Crippen LogP contribution in [0.2, 0.25) is 5.02 Å². The molecule has 1 aliphatic carbocycles. The Labute approximate surface area is 274 Å². The molecule has 0 unspecified atom stereocenters. The number of alkyl halides is 6. The van der Waals surface area contributed by atoms with Crippen LogP contribution in [0.5, 0.6) is 0 Å². The number of aromatic nitrogens is 2. The van der Waals surface area contributed by atoms with Gasteiger partial charge in [0.1, 0.15) is 17.0 Å². The summed E-state index contributed by atoms with van der Waals surface area (Å²) in [4.78, 5) is 21.0. The van der Waals surface area contributed by atoms with Gasteiger partial charge in [0, 0.05) is 24.1 Å². The monoisotopic (exact) mass is 746 g/mol. The van der Waals surface area contributed by atoms with E-state index in [-0.39, 0.29) is 27.5 Å². The van der Waals surface area contributed by atoms with Crippen molar-refractivity contribution in [1.82, 2.24) is 9.36 Å². The Balaban J connectivity index is 0.000000658. The molecule has 0 spiro atoms. The minimum absolute atomic E-state index is 0.00132. The maximum absolute atomic E-state index is 14.8. The van der Waals surface area contributed by atoms with Crippen molar-refractivity contribution in [3.05, 3.63) is 29.3 Å². The van der Waals surface area contributed by atoms with Gasteiger partial charge in [0.15, 0.2) is 0 Å². The lowest BCUT2D eigenvalue weighted by Crippen LogP contribution is -2.38. The number of hydrogen-bond donors (Lipinski definition) is 6. The first kappa shape index (κ1) is 42.0. The number of carbonyl (C=O) groups is 2. The van der Waals surface area contributed by atoms with Gasteiger partial charge in [-0.3, -0.25) is 4.72 Å². The first-order valence-electron chi connectivity index (χ1n) is 13.5. The van der Waals surface area contributed by atoms with Gasteiger partial charge in [0.05, 0.1) is 10.7 Å². The molecule has 1 aromatic heterocycles. The fourth-order valence-electron chi connectivity index (χ4n) is 4.01. The van der Waals surface area contributed by atoms with Crippen molar-refractivity contribution in [3.63, 3.8) is 0 Å². The Morgan fingerprint density at radius 3 is 2.06 bits per heavy atom. The van der Waals surface area contributed by atoms with E-state index in [4.69, 9.17) is 42.9 Å². The molecule has 3 rings (SSSR count). The molecule has 12 nitrogen and oxygen atoms in total. The molecule has 22 heteroatoms. The van der Waals surface area contributed by atoms with Crippen molar-refractivity contribution in [2.24, 2.45) is 28.7 Å². The van der Waals surface area contributed by atoms with E-state index in [0.717, 1.165) is 42.9 Å². The van der Waals surface area contributed by atoms with E-state index in [1.54, 1.807) is 0 Å². The number of aliphatic carboxylic acids is 2. The van der Waals surface area contributed by atoms with Crippen LogP contribution in [0, 0.1) is 23.1 Å². The Hall–Kier alpha value is -3.01. The largest absolute Gasteiger partial charge is 0.490 e. The van der Waals surface area contributed by atoms with E-state index >= 15 is 0 Å². The summed E-state index contributed by atoms with van der Waals surface area (Å²) in [5, 5.41) is 17.6. The van der Waals surface area contributed by atoms with Crippen molar-refractivity contribution in [2.75, 3.05) is 23.1 Å². The molecule has 0 bridgehead atoms. The van der Waals surface area contributed by atoms with E-state index < -0.39 is 45.0 Å². The number of rotatable bonds is 13. The first-order valence-corrected chi connectivity index (χ1v) is 16.1. The zero-order valence-corrected chi connectivity index (χ0v) is 27.2. The van der Waals surface area contributed by atoms with Gasteiger partial charge in [-0.25, -0.2) is 27.4 Å². The molecular weight excluding hydrogens is 713 g/mol. The van der Waals surface area contributed by atoms with Crippen molar-refractivity contribution in [3.8, 4) is 0 Å². The Morgan fingerprint density at radius 1 is 1.11 bits per heavy atom. The first-order chi connectivity index (χ1) is 21.4. The normalized spacial score (nSPS) is 14.9. The number of nitrogens with one attached hydrogen (secondary N) is 2. The van der Waals surface area contributed by atoms with Crippen LogP contribution in [0.15, 0.2) is 23.4 Å². The molecule has 8 N–H and O–H groups in total. The molecule has 1 fully saturated rings. The number of nitrogens with zero attached hydrogens (tertiary/aromatic N) is 2. The SMILES string of the molecule is CC(C)(CCN)C[C@@H](CNc1cc(F)c(S(=O)(=O)Nc2ncns2)cc1Cl)[C@H](N)CC1CC1.O=C(O)C(F)(F)F.O=C(O)C(F)(F)F. The second-order valence-corrected chi connectivity index (χ2v) is 13.9. The lowest BCUT2D eigenvalue weighted by Gasteiger charge is -2.33. The lowest BCUT2D eigenvalue weighted by molar-refractivity contribution is -0.193. The summed E-state index contributed by atoms with van der Waals surface area (Å²) >= 11 is 7.18. The zero-order chi connectivity index (χ0) is 36.4. The molecule has 0 amide bonds. The summed E-state index contributed by atoms with van der Waals surface area (Å²) < 4.78 is 109. The van der Waals surface area contributed by atoms with Gasteiger partial charge in [0.2, 0.25) is 5.13 Å². The molecule has 1 saturated carbocycles. The zero-order valence-electron chi connectivity index (χ0n) is 24.8. The van der Waals surface area contributed by atoms with E-state index in [2.05, 4.69) is 33.2 Å². The molecule has 1 aliphatic rings. The van der Waals surface area contributed by atoms with E-state index in [0.29, 0.717) is 24.7 Å². The minimum Gasteiger partial charge on any atom is -0.475 e. The van der Waals surface area contributed by atoms with Crippen molar-refractivity contribution >= 4 is 55.9 Å². The van der Waals surface area contributed by atoms with Crippen molar-refractivity contribution < 1.29 is 59.0 Å². The summed E-state index contributed by atoms with van der Waals surface area (Å²) in [6.45, 7) is 5.45. The fourth-order valence-corrected chi connectivity index (χ4v) is 6.05. The number of carboxylic acids is 2. The number of halogens is 8. The molecule has 47 heavy (non-hydrogen) atoms. The Bertz CT molecular complexity index is 1400. The average molecular weight is 747 g/mol. The third-order valence-electron chi connectivity index (χ3n) is 6.48. The van der Waals surface area contributed by atoms with Gasteiger partial charge in [0.25, 0.3) is 10.0 Å². The highest BCUT2D eigenvalue weighted by Gasteiger charge is 2.39. The van der Waals surface area contributed by atoms with Gasteiger partial charge in [-0.2, -0.15) is 30.7 Å². The van der Waals surface area contributed by atoms with Crippen LogP contribution in [-0.4, -0.2) is 71.4 Å². The number of sulfonamides is 1. The van der Waals surface area contributed by atoms with Gasteiger partial charge >= 0.3 is 24.3 Å². The van der Waals surface area contributed by atoms with Crippen molar-refractivity contribution in [1.29, 1.82) is 0 Å². The third kappa shape index (κ3) is 15.6. The highest BCUT2D eigenvalue weighted by Crippen LogP contribution is 2.38. The number of carboxylic acid groups (broad SMARTS) is 2. The molecule has 268 valence electrons. The summed E-state index contributed by atoms with van der Waals surface area (Å²) in [7, 11) is -4.20. The molecule has 1 aromatic carbocycles. The highest BCUT2D eigenvalue weighted by molar-refractivity contribution is 7.93. The van der Waals surface area contributed by atoms with Gasteiger partial charge in [-0.1, -0.05) is 38.3 Å². The average Bonchev–Trinajstić information content (AvgIpc) is 3.59. The Morgan fingerprint density at radius 2 is 1.64 bits per heavy atom. The lowest BCUT2D eigenvalue weighted by atomic mass is 9.76. The topological polar surface area (TPSA) is 211 Å². The number of benzene rings is 1. The maximum atomic E-state index is 14.8. The quantitative estimate of drug-likeness (QED) is 0.145. The molecule has 0 radical (unpaired) electrons. The predicted octanol–water partition coefficient (Wildman–Crippen LogP) is 5.32. The smallest absolute Gasteiger partial charge is 0.475 e. The fraction of sp³-hybridized carbons (Fsp3) is 0.600. The highest BCUT2D eigenvalue weighted by atomic mass is 35.5. The van der Waals surface area contributed by atoms with Gasteiger partial charge < -0.3 is 27.0 Å². The van der Waals surface area contributed by atoms with Crippen LogP contribution >= 0.6 is 23.1 Å². The summed E-state index contributed by atoms with van der Waals surface area (Å²) in [6.07, 6.45) is -3.82. The molecule has 0 saturated heterocycles. The number of nitrogens with two attached hydrogens (primary N) is 2. The summed E-state index contributed by atoms with van der Waals surface area (Å²) in [5.74, 6) is -5.61. The molecular formula is C25H34ClF7N6O6S2. The maximum Gasteiger partial charge on any atom is 0.490 e. The van der Waals surface area contributed by atoms with Gasteiger partial charge in [-0.05, 0) is 55.2 Å².